The molecule has 0 bridgehead atoms. The summed E-state index contributed by atoms with van der Waals surface area (Å²) in [6.45, 7) is 3.13. The molecule has 0 saturated carbocycles. The van der Waals surface area contributed by atoms with E-state index in [1.54, 1.807) is 13.8 Å². The van der Waals surface area contributed by atoms with Gasteiger partial charge in [0.05, 0.1) is 13.6 Å². The van der Waals surface area contributed by atoms with E-state index >= 15 is 0 Å². The molecular formula is C8H10ClNO2. The minimum atomic E-state index is -1.09. The van der Waals surface area contributed by atoms with Gasteiger partial charge in [-0.15, -0.1) is 0 Å². The molecule has 1 aromatic rings. The number of ether oxygens (including phenoxy) is 1. The van der Waals surface area contributed by atoms with Crippen molar-refractivity contribution in [2.75, 3.05) is 0 Å². The molecule has 3 nitrogen and oxygen atoms in total. The number of hydrogen-bond acceptors (Lipinski definition) is 3. The molecule has 1 heterocycles. The topological polar surface area (TPSA) is 42.4 Å². The number of pyridine rings is 1. The van der Waals surface area contributed by atoms with E-state index < -0.39 is 6.08 Å². The van der Waals surface area contributed by atoms with Gasteiger partial charge in [0.25, 0.3) is 0 Å². The number of rotatable bonds is 2. The lowest BCUT2D eigenvalue weighted by Crippen LogP contribution is -2.06. The summed E-state index contributed by atoms with van der Waals surface area (Å²) in [5.74, 6) is 0.125. The van der Waals surface area contributed by atoms with Gasteiger partial charge in [0.2, 0.25) is 5.88 Å². The monoisotopic (exact) mass is 188 g/mol. The summed E-state index contributed by atoms with van der Waals surface area (Å²) in [6, 6.07) is 1.32. The van der Waals surface area contributed by atoms with E-state index in [1.807, 2.05) is 0 Å². The summed E-state index contributed by atoms with van der Waals surface area (Å²) in [5.41, 5.74) is 0. The largest absolute Gasteiger partial charge is 0.506 e. The highest BCUT2D eigenvalue weighted by molar-refractivity contribution is 6.31. The van der Waals surface area contributed by atoms with Gasteiger partial charge in [0.15, 0.2) is 0 Å². The molecule has 66 valence electrons. The normalized spacial score (nSPS) is 12.4. The average molecular weight is 189 g/mol. The van der Waals surface area contributed by atoms with E-state index in [9.17, 15) is 0 Å². The molecule has 0 aromatic carbocycles. The molecule has 12 heavy (non-hydrogen) atoms. The van der Waals surface area contributed by atoms with Crippen molar-refractivity contribution < 1.29 is 11.2 Å². The Morgan fingerprint density at radius 1 is 1.75 bits per heavy atom. The second-order valence-corrected chi connectivity index (χ2v) is 2.90. The van der Waals surface area contributed by atoms with Gasteiger partial charge in [-0.1, -0.05) is 11.6 Å². The molecule has 0 atom stereocenters. The second kappa shape index (κ2) is 3.63. The first-order valence-electron chi connectivity index (χ1n) is 3.92. The fourth-order valence-electron chi connectivity index (χ4n) is 0.684. The lowest BCUT2D eigenvalue weighted by atomic mass is 10.4. The number of halogens is 1. The van der Waals surface area contributed by atoms with Crippen LogP contribution in [0.5, 0.6) is 11.6 Å². The molecule has 0 aliphatic heterocycles. The molecule has 0 spiro atoms. The fourth-order valence-corrected chi connectivity index (χ4v) is 0.883. The highest BCUT2D eigenvalue weighted by Crippen LogP contribution is 2.25. The average Bonchev–Trinajstić information content (AvgIpc) is 1.93. The van der Waals surface area contributed by atoms with Crippen molar-refractivity contribution in [3.63, 3.8) is 0 Å². The third-order valence-electron chi connectivity index (χ3n) is 1.09. The van der Waals surface area contributed by atoms with E-state index in [0.29, 0.717) is 0 Å². The van der Waals surface area contributed by atoms with Crippen LogP contribution in [0.2, 0.25) is 5.02 Å². The van der Waals surface area contributed by atoms with Crippen molar-refractivity contribution in [3.05, 3.63) is 17.3 Å². The highest BCUT2D eigenvalue weighted by atomic mass is 35.5. The van der Waals surface area contributed by atoms with Gasteiger partial charge in [0.1, 0.15) is 10.8 Å². The van der Waals surface area contributed by atoms with Crippen LogP contribution in [0.1, 0.15) is 15.2 Å². The van der Waals surface area contributed by atoms with Crippen molar-refractivity contribution >= 4 is 11.6 Å². The zero-order chi connectivity index (χ0) is 10.1. The number of hydrogen-bond donors (Lipinski definition) is 1. The first-order valence-corrected chi connectivity index (χ1v) is 3.80. The SMILES string of the molecule is [2H]C(C)(C)Oc1ncc(O)cc1Cl. The van der Waals surface area contributed by atoms with Crippen LogP contribution in [-0.2, 0) is 0 Å². The van der Waals surface area contributed by atoms with Gasteiger partial charge in [-0.25, -0.2) is 4.98 Å². The molecule has 1 N–H and O–H groups in total. The van der Waals surface area contributed by atoms with Crippen LogP contribution in [-0.4, -0.2) is 16.2 Å². The first kappa shape index (κ1) is 7.68. The Hall–Kier alpha value is -0.960. The quantitative estimate of drug-likeness (QED) is 0.774. The summed E-state index contributed by atoms with van der Waals surface area (Å²) in [4.78, 5) is 3.74. The maximum atomic E-state index is 8.99. The number of nitrogens with zero attached hydrogens (tertiary/aromatic N) is 1. The summed E-state index contributed by atoms with van der Waals surface area (Å²) in [6.07, 6.45) is 0.126. The Kier molecular flexibility index (Phi) is 2.32. The van der Waals surface area contributed by atoms with Gasteiger partial charge in [0, 0.05) is 6.07 Å². The molecule has 0 fully saturated rings. The molecule has 0 unspecified atom stereocenters. The Morgan fingerprint density at radius 2 is 2.42 bits per heavy atom. The van der Waals surface area contributed by atoms with Crippen molar-refractivity contribution in [3.8, 4) is 11.6 Å². The molecule has 4 heteroatoms. The molecule has 0 amide bonds. The van der Waals surface area contributed by atoms with Gasteiger partial charge in [-0.2, -0.15) is 0 Å². The van der Waals surface area contributed by atoms with E-state index in [0.717, 1.165) is 0 Å². The van der Waals surface area contributed by atoms with Crippen LogP contribution in [0.3, 0.4) is 0 Å². The molecule has 0 aliphatic rings. The van der Waals surface area contributed by atoms with Crippen molar-refractivity contribution in [1.29, 1.82) is 0 Å². The summed E-state index contributed by atoms with van der Waals surface area (Å²) >= 11 is 5.70. The summed E-state index contributed by atoms with van der Waals surface area (Å²) in [7, 11) is 0. The van der Waals surface area contributed by atoms with Crippen molar-refractivity contribution in [2.45, 2.75) is 19.9 Å². The van der Waals surface area contributed by atoms with Gasteiger partial charge in [-0.3, -0.25) is 0 Å². The van der Waals surface area contributed by atoms with Gasteiger partial charge < -0.3 is 9.84 Å². The molecular weight excluding hydrogens is 178 g/mol. The van der Waals surface area contributed by atoms with Crippen LogP contribution in [0, 0.1) is 0 Å². The maximum absolute atomic E-state index is 8.99. The third kappa shape index (κ3) is 2.27. The number of aromatic nitrogens is 1. The van der Waals surface area contributed by atoms with Crippen LogP contribution in [0.4, 0.5) is 0 Å². The second-order valence-electron chi connectivity index (χ2n) is 2.49. The fraction of sp³-hybridized carbons (Fsp3) is 0.375. The molecule has 0 aliphatic carbocycles. The van der Waals surface area contributed by atoms with E-state index in [4.69, 9.17) is 22.8 Å². The van der Waals surface area contributed by atoms with Crippen LogP contribution in [0.25, 0.3) is 0 Å². The molecule has 1 aromatic heterocycles. The zero-order valence-corrected chi connectivity index (χ0v) is 7.59. The maximum Gasteiger partial charge on any atom is 0.233 e. The van der Waals surface area contributed by atoms with E-state index in [2.05, 4.69) is 4.98 Å². The van der Waals surface area contributed by atoms with E-state index in [1.165, 1.54) is 12.3 Å². The van der Waals surface area contributed by atoms with E-state index in [-0.39, 0.29) is 16.7 Å². The van der Waals surface area contributed by atoms with Gasteiger partial charge >= 0.3 is 0 Å². The van der Waals surface area contributed by atoms with Crippen LogP contribution < -0.4 is 4.74 Å². The summed E-state index contributed by atoms with van der Waals surface area (Å²) in [5, 5.41) is 9.18. The molecule has 0 radical (unpaired) electrons. The zero-order valence-electron chi connectivity index (χ0n) is 7.84. The minimum absolute atomic E-state index is 0.0277. The standard InChI is InChI=1S/C8H10ClNO2/c1-5(2)12-8-7(9)3-6(11)4-10-8/h3-5,11H,1-2H3/i5D. The first-order chi connectivity index (χ1) is 5.88. The van der Waals surface area contributed by atoms with Gasteiger partial charge in [-0.05, 0) is 13.8 Å². The lowest BCUT2D eigenvalue weighted by molar-refractivity contribution is 0.232. The van der Waals surface area contributed by atoms with Crippen LogP contribution >= 0.6 is 11.6 Å². The Bertz CT molecular complexity index is 312. The Morgan fingerprint density at radius 3 is 2.92 bits per heavy atom. The predicted octanol–water partition coefficient (Wildman–Crippen LogP) is 2.23. The van der Waals surface area contributed by atoms with Crippen molar-refractivity contribution in [1.82, 2.24) is 4.98 Å². The Labute approximate surface area is 77.4 Å². The van der Waals surface area contributed by atoms with Crippen molar-refractivity contribution in [2.24, 2.45) is 0 Å². The predicted molar refractivity (Wildman–Crippen MR) is 46.7 cm³/mol. The highest BCUT2D eigenvalue weighted by Gasteiger charge is 2.05. The lowest BCUT2D eigenvalue weighted by Gasteiger charge is -2.09. The summed E-state index contributed by atoms with van der Waals surface area (Å²) < 4.78 is 12.5. The minimum Gasteiger partial charge on any atom is -0.506 e. The Balaban J connectivity index is 2.90. The molecule has 1 rings (SSSR count). The smallest absolute Gasteiger partial charge is 0.233 e. The third-order valence-corrected chi connectivity index (χ3v) is 1.36. The molecule has 0 saturated heterocycles. The van der Waals surface area contributed by atoms with Crippen LogP contribution in [0.15, 0.2) is 12.3 Å². The number of aromatic hydroxyl groups is 1.